The number of hydrogen-bond donors (Lipinski definition) is 1. The average molecular weight is 352 g/mol. The highest BCUT2D eigenvalue weighted by atomic mass is 16.5. The van der Waals surface area contributed by atoms with E-state index in [0.717, 1.165) is 37.1 Å². The van der Waals surface area contributed by atoms with Gasteiger partial charge in [0.1, 0.15) is 5.75 Å². The number of nitrogen functional groups attached to an aromatic ring is 1. The Hall–Kier alpha value is -2.33. The fourth-order valence-corrected chi connectivity index (χ4v) is 3.93. The zero-order valence-corrected chi connectivity index (χ0v) is 15.7. The minimum absolute atomic E-state index is 0.0829. The molecule has 26 heavy (non-hydrogen) atoms. The van der Waals surface area contributed by atoms with E-state index in [1.165, 1.54) is 11.1 Å². The van der Waals surface area contributed by atoms with Crippen LogP contribution in [0.15, 0.2) is 48.5 Å². The van der Waals surface area contributed by atoms with Crippen molar-refractivity contribution in [3.05, 3.63) is 59.7 Å². The Kier molecular flexibility index (Phi) is 5.94. The number of benzene rings is 2. The molecule has 2 N–H and O–H groups in total. The van der Waals surface area contributed by atoms with Crippen molar-refractivity contribution in [3.63, 3.8) is 0 Å². The highest BCUT2D eigenvalue weighted by molar-refractivity contribution is 5.86. The van der Waals surface area contributed by atoms with Crippen molar-refractivity contribution in [1.82, 2.24) is 4.90 Å². The maximum absolute atomic E-state index is 12.5. The molecule has 3 rings (SSSR count). The van der Waals surface area contributed by atoms with Crippen LogP contribution in [0.5, 0.6) is 5.75 Å². The number of methoxy groups -OCH3 is 1. The smallest absolute Gasteiger partial charge is 0.151 e. The first-order valence-corrected chi connectivity index (χ1v) is 9.30. The normalized spacial score (nSPS) is 20.5. The number of Topliss-reactive ketones (excluding diaryl/α,β-unsaturated/α-hetero) is 1. The van der Waals surface area contributed by atoms with Crippen molar-refractivity contribution in [2.75, 3.05) is 26.4 Å². The number of nitrogens with zero attached hydrogens (tertiary/aromatic N) is 1. The molecule has 1 aliphatic heterocycles. The first-order chi connectivity index (χ1) is 12.6. The zero-order chi connectivity index (χ0) is 18.5. The monoisotopic (exact) mass is 352 g/mol. The first kappa shape index (κ1) is 18.5. The van der Waals surface area contributed by atoms with Gasteiger partial charge in [-0.3, -0.25) is 9.69 Å². The first-order valence-electron chi connectivity index (χ1n) is 9.30. The lowest BCUT2D eigenvalue weighted by atomic mass is 9.88. The van der Waals surface area contributed by atoms with Gasteiger partial charge in [0.25, 0.3) is 0 Å². The molecular formula is C22H28N2O2. The van der Waals surface area contributed by atoms with Crippen LogP contribution >= 0.6 is 0 Å². The van der Waals surface area contributed by atoms with E-state index in [2.05, 4.69) is 29.2 Å². The number of rotatable bonds is 7. The van der Waals surface area contributed by atoms with Crippen LogP contribution in [0, 0.1) is 5.92 Å². The molecule has 0 aromatic heterocycles. The second-order valence-corrected chi connectivity index (χ2v) is 7.19. The summed E-state index contributed by atoms with van der Waals surface area (Å²) in [5.74, 6) is 1.33. The number of likely N-dealkylation sites (tertiary alicyclic amines) is 1. The van der Waals surface area contributed by atoms with Crippen molar-refractivity contribution < 1.29 is 9.53 Å². The molecular weight excluding hydrogens is 324 g/mol. The Labute approximate surface area is 156 Å². The number of likely N-dealkylation sites (N-methyl/N-ethyl adjacent to an activating group) is 1. The van der Waals surface area contributed by atoms with Crippen LogP contribution in [-0.4, -0.2) is 31.4 Å². The second kappa shape index (κ2) is 8.37. The van der Waals surface area contributed by atoms with Gasteiger partial charge in [0.2, 0.25) is 0 Å². The average Bonchev–Trinajstić information content (AvgIpc) is 2.93. The van der Waals surface area contributed by atoms with Gasteiger partial charge in [-0.2, -0.15) is 0 Å². The zero-order valence-electron chi connectivity index (χ0n) is 15.7. The van der Waals surface area contributed by atoms with Gasteiger partial charge >= 0.3 is 0 Å². The number of ether oxygens (including phenoxy) is 1. The number of ketones is 1. The highest BCUT2D eigenvalue weighted by Gasteiger charge is 2.38. The Balaban J connectivity index is 1.56. The van der Waals surface area contributed by atoms with Crippen LogP contribution in [0.3, 0.4) is 0 Å². The number of aryl methyl sites for hydroxylation is 1. The van der Waals surface area contributed by atoms with E-state index in [1.807, 2.05) is 31.3 Å². The van der Waals surface area contributed by atoms with Gasteiger partial charge in [0, 0.05) is 17.6 Å². The molecule has 1 saturated heterocycles. The molecule has 0 radical (unpaired) electrons. The molecule has 2 aromatic rings. The summed E-state index contributed by atoms with van der Waals surface area (Å²) in [6.45, 7) is 0.540. The second-order valence-electron chi connectivity index (χ2n) is 7.19. The molecule has 4 nitrogen and oxygen atoms in total. The molecule has 0 aliphatic carbocycles. The lowest BCUT2D eigenvalue weighted by Gasteiger charge is -2.24. The van der Waals surface area contributed by atoms with Gasteiger partial charge in [-0.05, 0) is 61.7 Å². The Morgan fingerprint density at radius 1 is 1.08 bits per heavy atom. The number of carbonyl (C=O) groups excluding carboxylic acids is 1. The van der Waals surface area contributed by atoms with Crippen molar-refractivity contribution in [2.45, 2.75) is 31.7 Å². The van der Waals surface area contributed by atoms with Gasteiger partial charge in [0.05, 0.1) is 13.7 Å². The van der Waals surface area contributed by atoms with Crippen molar-refractivity contribution in [1.29, 1.82) is 0 Å². The minimum atomic E-state index is 0.0829. The van der Waals surface area contributed by atoms with Gasteiger partial charge in [-0.15, -0.1) is 0 Å². The van der Waals surface area contributed by atoms with E-state index in [0.29, 0.717) is 12.3 Å². The third kappa shape index (κ3) is 4.25. The molecule has 1 aliphatic rings. The van der Waals surface area contributed by atoms with E-state index in [-0.39, 0.29) is 12.0 Å². The number of carbonyl (C=O) groups is 1. The molecule has 0 spiro atoms. The Morgan fingerprint density at radius 3 is 2.42 bits per heavy atom. The number of nitrogens with two attached hydrogens (primary N) is 1. The van der Waals surface area contributed by atoms with Crippen LogP contribution < -0.4 is 10.5 Å². The van der Waals surface area contributed by atoms with Gasteiger partial charge < -0.3 is 10.5 Å². The third-order valence-electron chi connectivity index (χ3n) is 5.34. The van der Waals surface area contributed by atoms with E-state index in [9.17, 15) is 4.79 Å². The van der Waals surface area contributed by atoms with Crippen LogP contribution in [0.1, 0.15) is 36.4 Å². The lowest BCUT2D eigenvalue weighted by molar-refractivity contribution is -0.120. The number of anilines is 1. The topological polar surface area (TPSA) is 55.6 Å². The van der Waals surface area contributed by atoms with Crippen LogP contribution in [0.25, 0.3) is 0 Å². The number of unbranched alkanes of at least 4 members (excludes halogenated alkanes) is 1. The molecule has 0 amide bonds. The number of hydrogen-bond acceptors (Lipinski definition) is 4. The van der Waals surface area contributed by atoms with Gasteiger partial charge in [0.15, 0.2) is 5.78 Å². The summed E-state index contributed by atoms with van der Waals surface area (Å²) in [6.07, 6.45) is 4.12. The van der Waals surface area contributed by atoms with Crippen molar-refractivity contribution in [2.24, 2.45) is 5.92 Å². The maximum Gasteiger partial charge on any atom is 0.151 e. The summed E-state index contributed by atoms with van der Waals surface area (Å²) in [5, 5.41) is 0. The molecule has 1 heterocycles. The molecule has 4 heteroatoms. The van der Waals surface area contributed by atoms with Crippen molar-refractivity contribution in [3.8, 4) is 5.75 Å². The Bertz CT molecular complexity index is 725. The molecule has 0 saturated carbocycles. The standard InChI is InChI=1S/C22H28N2O2/c1-24-15-21(25)20(22(24)17-9-11-18(23)12-10-17)6-4-3-5-16-7-13-19(26-2)14-8-16/h7-14,20,22H,3-6,15,23H2,1-2H3. The summed E-state index contributed by atoms with van der Waals surface area (Å²) in [5.41, 5.74) is 9.07. The summed E-state index contributed by atoms with van der Waals surface area (Å²) in [6, 6.07) is 16.4. The minimum Gasteiger partial charge on any atom is -0.497 e. The Morgan fingerprint density at radius 2 is 1.77 bits per heavy atom. The van der Waals surface area contributed by atoms with E-state index < -0.39 is 0 Å². The van der Waals surface area contributed by atoms with E-state index in [4.69, 9.17) is 10.5 Å². The quantitative estimate of drug-likeness (QED) is 0.607. The molecule has 0 bridgehead atoms. The molecule has 1 fully saturated rings. The van der Waals surface area contributed by atoms with Crippen LogP contribution in [0.4, 0.5) is 5.69 Å². The van der Waals surface area contributed by atoms with Gasteiger partial charge in [-0.1, -0.05) is 30.7 Å². The predicted octanol–water partition coefficient (Wildman–Crippen LogP) is 3.86. The van der Waals surface area contributed by atoms with E-state index >= 15 is 0 Å². The lowest BCUT2D eigenvalue weighted by Crippen LogP contribution is -2.21. The molecule has 2 atom stereocenters. The fraction of sp³-hybridized carbons (Fsp3) is 0.409. The molecule has 138 valence electrons. The largest absolute Gasteiger partial charge is 0.497 e. The SMILES string of the molecule is COc1ccc(CCCCC2C(=O)CN(C)C2c2ccc(N)cc2)cc1. The third-order valence-corrected chi connectivity index (χ3v) is 5.34. The summed E-state index contributed by atoms with van der Waals surface area (Å²) < 4.78 is 5.20. The highest BCUT2D eigenvalue weighted by Crippen LogP contribution is 2.37. The summed E-state index contributed by atoms with van der Waals surface area (Å²) >= 11 is 0. The van der Waals surface area contributed by atoms with Crippen LogP contribution in [0.2, 0.25) is 0 Å². The predicted molar refractivity (Wildman–Crippen MR) is 105 cm³/mol. The molecule has 2 aromatic carbocycles. The summed E-state index contributed by atoms with van der Waals surface area (Å²) in [7, 11) is 3.72. The molecule has 2 unspecified atom stereocenters. The fourth-order valence-electron chi connectivity index (χ4n) is 3.93. The van der Waals surface area contributed by atoms with E-state index in [1.54, 1.807) is 7.11 Å². The van der Waals surface area contributed by atoms with Crippen LogP contribution in [-0.2, 0) is 11.2 Å². The van der Waals surface area contributed by atoms with Crippen molar-refractivity contribution >= 4 is 11.5 Å². The summed E-state index contributed by atoms with van der Waals surface area (Å²) in [4.78, 5) is 14.7. The maximum atomic E-state index is 12.5. The van der Waals surface area contributed by atoms with Gasteiger partial charge in [-0.25, -0.2) is 0 Å².